The van der Waals surface area contributed by atoms with Crippen molar-refractivity contribution in [2.75, 3.05) is 24.7 Å². The van der Waals surface area contributed by atoms with Crippen LogP contribution in [0.1, 0.15) is 49.7 Å². The second-order valence-corrected chi connectivity index (χ2v) is 9.95. The zero-order chi connectivity index (χ0) is 21.4. The number of carbonyl (C=O) groups excluding carboxylic acids is 1. The first-order valence-corrected chi connectivity index (χ1v) is 12.1. The Morgan fingerprint density at radius 2 is 1.93 bits per heavy atom. The zero-order valence-electron chi connectivity index (χ0n) is 17.6. The lowest BCUT2D eigenvalue weighted by atomic mass is 10.0. The van der Waals surface area contributed by atoms with Gasteiger partial charge in [-0.2, -0.15) is 5.10 Å². The number of nitrogens with zero attached hydrogens (tertiary/aromatic N) is 2. The zero-order valence-corrected chi connectivity index (χ0v) is 19.2. The molecule has 0 saturated heterocycles. The van der Waals surface area contributed by atoms with Crippen LogP contribution in [0.4, 0.5) is 0 Å². The molecule has 1 aromatic carbocycles. The normalized spacial score (nSPS) is 14.1. The molecule has 0 unspecified atom stereocenters. The molecule has 1 aliphatic rings. The van der Waals surface area contributed by atoms with Gasteiger partial charge >= 0.3 is 5.97 Å². The molecule has 3 rings (SSSR count). The van der Waals surface area contributed by atoms with Gasteiger partial charge < -0.3 is 9.47 Å². The predicted octanol–water partition coefficient (Wildman–Crippen LogP) is 4.42. The first-order valence-electron chi connectivity index (χ1n) is 10.2. The van der Waals surface area contributed by atoms with E-state index in [0.717, 1.165) is 35.8 Å². The van der Waals surface area contributed by atoms with Crippen molar-refractivity contribution in [3.8, 4) is 17.6 Å². The Hall–Kier alpha value is -2.17. The molecule has 0 spiro atoms. The van der Waals surface area contributed by atoms with Gasteiger partial charge in [0.15, 0.2) is 0 Å². The maximum absolute atomic E-state index is 11.5. The summed E-state index contributed by atoms with van der Waals surface area (Å²) < 4.78 is 10.9. The summed E-state index contributed by atoms with van der Waals surface area (Å²) >= 11 is 3.95. The Balaban J connectivity index is 1.80. The third kappa shape index (κ3) is 5.50. The second kappa shape index (κ2) is 10.7. The maximum Gasteiger partial charge on any atom is 0.311 e. The van der Waals surface area contributed by atoms with Crippen LogP contribution >= 0.6 is 23.5 Å². The van der Waals surface area contributed by atoms with Crippen LogP contribution in [0.5, 0.6) is 5.75 Å². The fourth-order valence-corrected chi connectivity index (χ4v) is 6.34. The molecule has 0 bridgehead atoms. The van der Waals surface area contributed by atoms with E-state index in [4.69, 9.17) is 9.47 Å². The van der Waals surface area contributed by atoms with Gasteiger partial charge in [-0.1, -0.05) is 19.8 Å². The number of benzene rings is 1. The number of hydrogen-bond acceptors (Lipinski definition) is 7. The highest BCUT2D eigenvalue weighted by atomic mass is 32.2. The molecular weight excluding hydrogens is 416 g/mol. The minimum Gasteiger partial charge on any atom is -0.493 e. The molecule has 30 heavy (non-hydrogen) atoms. The van der Waals surface area contributed by atoms with Crippen molar-refractivity contribution in [2.24, 2.45) is 0 Å². The molecule has 0 radical (unpaired) electrons. The average Bonchev–Trinajstić information content (AvgIpc) is 2.74. The molecule has 1 aromatic heterocycles. The largest absolute Gasteiger partial charge is 0.493 e. The highest BCUT2D eigenvalue weighted by Gasteiger charge is 2.38. The van der Waals surface area contributed by atoms with Gasteiger partial charge in [-0.05, 0) is 54.7 Å². The van der Waals surface area contributed by atoms with Gasteiger partial charge in [0.2, 0.25) is 0 Å². The van der Waals surface area contributed by atoms with Crippen LogP contribution in [0.15, 0.2) is 30.3 Å². The summed E-state index contributed by atoms with van der Waals surface area (Å²) in [6, 6.07) is 9.69. The van der Waals surface area contributed by atoms with Crippen molar-refractivity contribution in [1.29, 1.82) is 0 Å². The van der Waals surface area contributed by atoms with Crippen LogP contribution in [0.2, 0.25) is 0 Å². The summed E-state index contributed by atoms with van der Waals surface area (Å²) in [5.41, 5.74) is 3.28. The van der Waals surface area contributed by atoms with Crippen LogP contribution in [0, 0.1) is 11.8 Å². The Morgan fingerprint density at radius 3 is 2.60 bits per heavy atom. The summed E-state index contributed by atoms with van der Waals surface area (Å²) in [6.07, 6.45) is 1.10. The van der Waals surface area contributed by atoms with E-state index in [1.807, 2.05) is 35.7 Å². The van der Waals surface area contributed by atoms with E-state index < -0.39 is 0 Å². The number of hydrogen-bond donors (Lipinski definition) is 0. The lowest BCUT2D eigenvalue weighted by molar-refractivity contribution is -0.142. The molecule has 0 amide bonds. The third-order valence-corrected chi connectivity index (χ3v) is 7.58. The lowest BCUT2D eigenvalue weighted by Crippen LogP contribution is -2.27. The van der Waals surface area contributed by atoms with Crippen molar-refractivity contribution < 1.29 is 14.3 Å². The predicted molar refractivity (Wildman–Crippen MR) is 123 cm³/mol. The summed E-state index contributed by atoms with van der Waals surface area (Å²) in [6.45, 7) is 7.28. The highest BCUT2D eigenvalue weighted by molar-refractivity contribution is 8.17. The van der Waals surface area contributed by atoms with Gasteiger partial charge in [-0.3, -0.25) is 4.79 Å². The van der Waals surface area contributed by atoms with Gasteiger partial charge in [0.25, 0.3) is 0 Å². The number of rotatable bonds is 7. The van der Waals surface area contributed by atoms with Crippen molar-refractivity contribution in [3.63, 3.8) is 0 Å². The van der Waals surface area contributed by atoms with Crippen LogP contribution in [-0.2, 0) is 20.0 Å². The van der Waals surface area contributed by atoms with Crippen molar-refractivity contribution in [1.82, 2.24) is 10.2 Å². The summed E-state index contributed by atoms with van der Waals surface area (Å²) in [7, 11) is 0. The molecule has 5 nitrogen and oxygen atoms in total. The Kier molecular flexibility index (Phi) is 8.06. The second-order valence-electron chi connectivity index (χ2n) is 6.57. The molecule has 0 atom stereocenters. The Bertz CT molecular complexity index is 930. The van der Waals surface area contributed by atoms with Crippen LogP contribution in [0.3, 0.4) is 0 Å². The molecule has 7 heteroatoms. The third-order valence-electron chi connectivity index (χ3n) is 4.52. The fourth-order valence-electron chi connectivity index (χ4n) is 3.29. The van der Waals surface area contributed by atoms with E-state index in [1.54, 1.807) is 19.1 Å². The fraction of sp³-hybridized carbons (Fsp3) is 0.435. The van der Waals surface area contributed by atoms with Crippen LogP contribution < -0.4 is 4.74 Å². The first kappa shape index (κ1) is 22.5. The number of esters is 1. The maximum atomic E-state index is 11.5. The number of carbonyl (C=O) groups is 1. The van der Waals surface area contributed by atoms with Crippen molar-refractivity contribution in [2.45, 2.75) is 37.7 Å². The van der Waals surface area contributed by atoms with E-state index in [0.29, 0.717) is 18.0 Å². The van der Waals surface area contributed by atoms with E-state index in [-0.39, 0.29) is 16.5 Å². The van der Waals surface area contributed by atoms with E-state index in [2.05, 4.69) is 42.0 Å². The SMILES string of the molecule is CCOC(=O)Cc1ccc(C#Cc2ccc3c(c2)C(SCC)(SCC)CCO3)nn1. The van der Waals surface area contributed by atoms with Crippen LogP contribution in [-0.4, -0.2) is 40.9 Å². The molecular formula is C23H26N2O3S2. The number of aromatic nitrogens is 2. The van der Waals surface area contributed by atoms with Gasteiger partial charge in [0.1, 0.15) is 11.4 Å². The van der Waals surface area contributed by atoms with Gasteiger partial charge in [-0.15, -0.1) is 28.6 Å². The monoisotopic (exact) mass is 442 g/mol. The van der Waals surface area contributed by atoms with E-state index >= 15 is 0 Å². The Labute approximate surface area is 186 Å². The highest BCUT2D eigenvalue weighted by Crippen LogP contribution is 2.54. The molecule has 2 heterocycles. The van der Waals surface area contributed by atoms with Gasteiger partial charge in [0, 0.05) is 17.5 Å². The van der Waals surface area contributed by atoms with Gasteiger partial charge in [0.05, 0.1) is 29.4 Å². The lowest BCUT2D eigenvalue weighted by Gasteiger charge is -2.37. The van der Waals surface area contributed by atoms with Crippen molar-refractivity contribution >= 4 is 29.5 Å². The molecule has 158 valence electrons. The summed E-state index contributed by atoms with van der Waals surface area (Å²) in [5.74, 6) is 9.02. The Morgan fingerprint density at radius 1 is 1.13 bits per heavy atom. The molecule has 0 aliphatic carbocycles. The summed E-state index contributed by atoms with van der Waals surface area (Å²) in [5, 5.41) is 8.19. The molecule has 0 N–H and O–H groups in total. The quantitative estimate of drug-likeness (QED) is 0.357. The minimum atomic E-state index is -0.305. The minimum absolute atomic E-state index is 0.0172. The smallest absolute Gasteiger partial charge is 0.311 e. The molecule has 2 aromatic rings. The average molecular weight is 443 g/mol. The van der Waals surface area contributed by atoms with E-state index in [9.17, 15) is 4.79 Å². The summed E-state index contributed by atoms with van der Waals surface area (Å²) in [4.78, 5) is 11.5. The number of fused-ring (bicyclic) bond motifs is 1. The first-order chi connectivity index (χ1) is 14.6. The van der Waals surface area contributed by atoms with Crippen molar-refractivity contribution in [3.05, 3.63) is 52.8 Å². The molecule has 0 fully saturated rings. The van der Waals surface area contributed by atoms with Gasteiger partial charge in [-0.25, -0.2) is 0 Å². The topological polar surface area (TPSA) is 61.3 Å². The standard InChI is InChI=1S/C23H26N2O3S2/c1-4-27-22(26)16-19-11-10-18(24-25-19)9-7-17-8-12-21-20(15-17)23(29-5-2,30-6-3)13-14-28-21/h8,10-12,15H,4-6,13-14,16H2,1-3H3. The van der Waals surface area contributed by atoms with Crippen LogP contribution in [0.25, 0.3) is 0 Å². The number of thioether (sulfide) groups is 2. The van der Waals surface area contributed by atoms with E-state index in [1.165, 1.54) is 5.56 Å². The number of ether oxygens (including phenoxy) is 2. The molecule has 0 saturated carbocycles. The molecule has 1 aliphatic heterocycles.